The molecule has 0 radical (unpaired) electrons. The summed E-state index contributed by atoms with van der Waals surface area (Å²) in [4.78, 5) is 2.54. The highest BCUT2D eigenvalue weighted by molar-refractivity contribution is 5.19. The van der Waals surface area contributed by atoms with Gasteiger partial charge in [0.25, 0.3) is 0 Å². The maximum atomic E-state index is 10.9. The van der Waals surface area contributed by atoms with Gasteiger partial charge in [0, 0.05) is 18.6 Å². The Hall–Kier alpha value is -0.860. The van der Waals surface area contributed by atoms with Crippen LogP contribution in [0.5, 0.6) is 0 Å². The fourth-order valence-electron chi connectivity index (χ4n) is 3.25. The van der Waals surface area contributed by atoms with Crippen molar-refractivity contribution in [2.75, 3.05) is 6.54 Å². The molecule has 0 saturated heterocycles. The van der Waals surface area contributed by atoms with Crippen molar-refractivity contribution in [1.82, 2.24) is 4.90 Å². The fourth-order valence-corrected chi connectivity index (χ4v) is 3.25. The van der Waals surface area contributed by atoms with Crippen molar-refractivity contribution in [1.29, 1.82) is 0 Å². The average molecular weight is 291 g/mol. The van der Waals surface area contributed by atoms with E-state index in [4.69, 9.17) is 0 Å². The molecule has 0 aliphatic rings. The molecule has 0 bridgehead atoms. The Morgan fingerprint density at radius 1 is 0.952 bits per heavy atom. The van der Waals surface area contributed by atoms with Crippen molar-refractivity contribution < 1.29 is 5.11 Å². The third-order valence-electron chi connectivity index (χ3n) is 4.34. The van der Waals surface area contributed by atoms with Crippen LogP contribution in [-0.2, 0) is 0 Å². The van der Waals surface area contributed by atoms with Gasteiger partial charge >= 0.3 is 0 Å². The minimum absolute atomic E-state index is 0.194. The summed E-state index contributed by atoms with van der Waals surface area (Å²) in [5, 5.41) is 10.9. The normalized spacial score (nSPS) is 14.9. The maximum absolute atomic E-state index is 10.9. The lowest BCUT2D eigenvalue weighted by Gasteiger charge is -2.40. The predicted molar refractivity (Wildman–Crippen MR) is 91.4 cm³/mol. The number of hydrogen-bond acceptors (Lipinski definition) is 2. The van der Waals surface area contributed by atoms with Crippen molar-refractivity contribution >= 4 is 0 Å². The highest BCUT2D eigenvalue weighted by Crippen LogP contribution is 2.27. The molecule has 2 nitrogen and oxygen atoms in total. The van der Waals surface area contributed by atoms with E-state index in [1.165, 1.54) is 0 Å². The molecule has 0 aromatic heterocycles. The van der Waals surface area contributed by atoms with E-state index in [-0.39, 0.29) is 6.04 Å². The SMILES string of the molecule is CCC(CC)N(CC(C)C)C(CC)C(O)c1ccccc1. The number of aliphatic hydroxyl groups excluding tert-OH is 1. The zero-order valence-electron chi connectivity index (χ0n) is 14.4. The Balaban J connectivity index is 2.99. The number of aliphatic hydroxyl groups is 1. The minimum Gasteiger partial charge on any atom is -0.387 e. The number of nitrogens with zero attached hydrogens (tertiary/aromatic N) is 1. The van der Waals surface area contributed by atoms with Gasteiger partial charge < -0.3 is 5.11 Å². The summed E-state index contributed by atoms with van der Waals surface area (Å²) in [7, 11) is 0. The van der Waals surface area contributed by atoms with Gasteiger partial charge in [0.1, 0.15) is 0 Å². The molecule has 2 unspecified atom stereocenters. The van der Waals surface area contributed by atoms with Gasteiger partial charge in [-0.15, -0.1) is 0 Å². The van der Waals surface area contributed by atoms with E-state index in [0.29, 0.717) is 12.0 Å². The van der Waals surface area contributed by atoms with E-state index in [1.807, 2.05) is 30.3 Å². The summed E-state index contributed by atoms with van der Waals surface area (Å²) in [6, 6.07) is 10.8. The highest BCUT2D eigenvalue weighted by Gasteiger charge is 2.29. The first-order chi connectivity index (χ1) is 10.0. The van der Waals surface area contributed by atoms with Gasteiger partial charge in [-0.25, -0.2) is 0 Å². The summed E-state index contributed by atoms with van der Waals surface area (Å²) in [6.45, 7) is 12.3. The lowest BCUT2D eigenvalue weighted by atomic mass is 9.95. The molecule has 0 saturated carbocycles. The Bertz CT molecular complexity index is 372. The monoisotopic (exact) mass is 291 g/mol. The summed E-state index contributed by atoms with van der Waals surface area (Å²) in [5.41, 5.74) is 1.03. The van der Waals surface area contributed by atoms with Crippen LogP contribution < -0.4 is 0 Å². The zero-order valence-corrected chi connectivity index (χ0v) is 14.4. The molecule has 120 valence electrons. The Morgan fingerprint density at radius 2 is 1.52 bits per heavy atom. The molecule has 2 atom stereocenters. The Kier molecular flexibility index (Phi) is 7.98. The first-order valence-corrected chi connectivity index (χ1v) is 8.53. The van der Waals surface area contributed by atoms with Gasteiger partial charge in [-0.2, -0.15) is 0 Å². The van der Waals surface area contributed by atoms with E-state index < -0.39 is 6.10 Å². The van der Waals surface area contributed by atoms with Crippen LogP contribution in [0.25, 0.3) is 0 Å². The van der Waals surface area contributed by atoms with Crippen molar-refractivity contribution in [3.63, 3.8) is 0 Å². The van der Waals surface area contributed by atoms with E-state index in [0.717, 1.165) is 31.4 Å². The van der Waals surface area contributed by atoms with Crippen LogP contribution in [-0.4, -0.2) is 28.6 Å². The zero-order chi connectivity index (χ0) is 15.8. The van der Waals surface area contributed by atoms with Crippen LogP contribution in [0.4, 0.5) is 0 Å². The van der Waals surface area contributed by atoms with E-state index in [9.17, 15) is 5.11 Å². The Morgan fingerprint density at radius 3 is 1.95 bits per heavy atom. The molecule has 0 amide bonds. The van der Waals surface area contributed by atoms with Crippen molar-refractivity contribution in [2.45, 2.75) is 72.1 Å². The van der Waals surface area contributed by atoms with Crippen LogP contribution in [0, 0.1) is 5.92 Å². The fraction of sp³-hybridized carbons (Fsp3) is 0.684. The van der Waals surface area contributed by atoms with Gasteiger partial charge in [-0.05, 0) is 30.7 Å². The topological polar surface area (TPSA) is 23.5 Å². The minimum atomic E-state index is -0.407. The smallest absolute Gasteiger partial charge is 0.0945 e. The first-order valence-electron chi connectivity index (χ1n) is 8.53. The predicted octanol–water partition coefficient (Wildman–Crippen LogP) is 4.65. The van der Waals surface area contributed by atoms with Gasteiger partial charge in [-0.3, -0.25) is 4.90 Å². The molecule has 0 aliphatic carbocycles. The third kappa shape index (κ3) is 5.12. The third-order valence-corrected chi connectivity index (χ3v) is 4.34. The second-order valence-electron chi connectivity index (χ2n) is 6.39. The van der Waals surface area contributed by atoms with Gasteiger partial charge in [0.15, 0.2) is 0 Å². The Labute approximate surface area is 131 Å². The summed E-state index contributed by atoms with van der Waals surface area (Å²) in [5.74, 6) is 0.614. The second kappa shape index (κ2) is 9.22. The van der Waals surface area contributed by atoms with Crippen LogP contribution in [0.15, 0.2) is 30.3 Å². The lowest BCUT2D eigenvalue weighted by Crippen LogP contribution is -2.47. The van der Waals surface area contributed by atoms with Crippen LogP contribution in [0.3, 0.4) is 0 Å². The first kappa shape index (κ1) is 18.2. The quantitative estimate of drug-likeness (QED) is 0.716. The van der Waals surface area contributed by atoms with Crippen LogP contribution >= 0.6 is 0 Å². The molecule has 1 N–H and O–H groups in total. The van der Waals surface area contributed by atoms with Gasteiger partial charge in [-0.1, -0.05) is 65.0 Å². The summed E-state index contributed by atoms with van der Waals surface area (Å²) in [6.07, 6.45) is 2.84. The molecule has 0 heterocycles. The molecule has 1 aromatic rings. The molecular formula is C19H33NO. The summed E-state index contributed by atoms with van der Waals surface area (Å²) >= 11 is 0. The van der Waals surface area contributed by atoms with Crippen LogP contribution in [0.1, 0.15) is 65.5 Å². The average Bonchev–Trinajstić information content (AvgIpc) is 2.49. The van der Waals surface area contributed by atoms with Crippen LogP contribution in [0.2, 0.25) is 0 Å². The second-order valence-corrected chi connectivity index (χ2v) is 6.39. The highest BCUT2D eigenvalue weighted by atomic mass is 16.3. The van der Waals surface area contributed by atoms with E-state index in [1.54, 1.807) is 0 Å². The molecule has 0 fully saturated rings. The molecular weight excluding hydrogens is 258 g/mol. The number of hydrogen-bond donors (Lipinski definition) is 1. The van der Waals surface area contributed by atoms with E-state index >= 15 is 0 Å². The molecule has 2 heteroatoms. The van der Waals surface area contributed by atoms with E-state index in [2.05, 4.69) is 39.5 Å². The molecule has 1 rings (SSSR count). The van der Waals surface area contributed by atoms with Crippen molar-refractivity contribution in [3.05, 3.63) is 35.9 Å². The maximum Gasteiger partial charge on any atom is 0.0945 e. The van der Waals surface area contributed by atoms with Crippen molar-refractivity contribution in [3.8, 4) is 0 Å². The molecule has 1 aromatic carbocycles. The van der Waals surface area contributed by atoms with Gasteiger partial charge in [0.2, 0.25) is 0 Å². The molecule has 21 heavy (non-hydrogen) atoms. The number of rotatable bonds is 9. The van der Waals surface area contributed by atoms with Crippen molar-refractivity contribution in [2.24, 2.45) is 5.92 Å². The standard InChI is InChI=1S/C19H33NO/c1-6-17(7-2)20(14-15(4)5)18(8-3)19(21)16-12-10-9-11-13-16/h9-13,15,17-19,21H,6-8,14H2,1-5H3. The molecule has 0 aliphatic heterocycles. The molecule has 0 spiro atoms. The summed E-state index contributed by atoms with van der Waals surface area (Å²) < 4.78 is 0. The lowest BCUT2D eigenvalue weighted by molar-refractivity contribution is 0.0108. The number of benzene rings is 1. The van der Waals surface area contributed by atoms with Gasteiger partial charge in [0.05, 0.1) is 6.10 Å². The largest absolute Gasteiger partial charge is 0.387 e.